The van der Waals surface area contributed by atoms with Crippen LogP contribution in [0, 0.1) is 0 Å². The van der Waals surface area contributed by atoms with Crippen LogP contribution in [-0.4, -0.2) is 44.4 Å². The zero-order valence-electron chi connectivity index (χ0n) is 23.8. The van der Waals surface area contributed by atoms with Crippen LogP contribution in [0.15, 0.2) is 90.0 Å². The van der Waals surface area contributed by atoms with Gasteiger partial charge in [0.1, 0.15) is 29.8 Å². The molecule has 1 aliphatic rings. The number of nitrogens with one attached hydrogen (secondary N) is 1. The number of fused-ring (bicyclic) bond motifs is 2. The Morgan fingerprint density at radius 1 is 0.976 bits per heavy atom. The summed E-state index contributed by atoms with van der Waals surface area (Å²) in [6.07, 6.45) is 0.997. The van der Waals surface area contributed by atoms with Crippen molar-refractivity contribution in [1.29, 1.82) is 0 Å². The normalized spacial score (nSPS) is 13.0. The lowest BCUT2D eigenvalue weighted by Gasteiger charge is -2.31. The molecule has 3 heterocycles. The average Bonchev–Trinajstić information content (AvgIpc) is 3.32. The highest BCUT2D eigenvalue weighted by atomic mass is 16.6. The van der Waals surface area contributed by atoms with Crippen LogP contribution >= 0.6 is 0 Å². The molecule has 3 aromatic carbocycles. The van der Waals surface area contributed by atoms with Crippen molar-refractivity contribution in [3.63, 3.8) is 0 Å². The molecule has 10 nitrogen and oxygen atoms in total. The van der Waals surface area contributed by atoms with E-state index in [2.05, 4.69) is 44.1 Å². The van der Waals surface area contributed by atoms with E-state index in [4.69, 9.17) is 9.47 Å². The first-order valence-electron chi connectivity index (χ1n) is 13.8. The Labute approximate surface area is 243 Å². The maximum Gasteiger partial charge on any atom is 0.415 e. The lowest BCUT2D eigenvalue weighted by atomic mass is 10.1. The predicted octanol–water partition coefficient (Wildman–Crippen LogP) is 5.45. The maximum absolute atomic E-state index is 13.5. The SMILES string of the molecule is CC(C)(C)OC(=O)N1CCOc2ccc(-n3c(=O)[nH]c4c(N(Cc5ccccc5)Cc5ccccc5)ncnc43)cc21. The molecular formula is C32H32N6O4. The third kappa shape index (κ3) is 5.56. The molecule has 0 bridgehead atoms. The highest BCUT2D eigenvalue weighted by Gasteiger charge is 2.29. The Bertz CT molecular complexity index is 1730. The van der Waals surface area contributed by atoms with Crippen molar-refractivity contribution in [2.75, 3.05) is 23.0 Å². The number of carbonyl (C=O) groups excluding carboxylic acids is 1. The molecule has 0 aliphatic carbocycles. The topological polar surface area (TPSA) is 106 Å². The fourth-order valence-corrected chi connectivity index (χ4v) is 5.05. The van der Waals surface area contributed by atoms with Gasteiger partial charge >= 0.3 is 11.8 Å². The molecule has 0 fully saturated rings. The smallest absolute Gasteiger partial charge is 0.415 e. The van der Waals surface area contributed by atoms with Gasteiger partial charge in [0.05, 0.1) is 17.9 Å². The predicted molar refractivity (Wildman–Crippen MR) is 161 cm³/mol. The molecule has 2 aromatic heterocycles. The summed E-state index contributed by atoms with van der Waals surface area (Å²) in [6.45, 7) is 7.30. The zero-order valence-corrected chi connectivity index (χ0v) is 23.8. The van der Waals surface area contributed by atoms with E-state index >= 15 is 0 Å². The number of carbonyl (C=O) groups is 1. The van der Waals surface area contributed by atoms with E-state index in [0.717, 1.165) is 11.1 Å². The average molecular weight is 565 g/mol. The number of H-pyrrole nitrogens is 1. The molecule has 42 heavy (non-hydrogen) atoms. The van der Waals surface area contributed by atoms with E-state index in [1.165, 1.54) is 15.8 Å². The Hall–Kier alpha value is -5.12. The standard InChI is InChI=1S/C32H32N6O4/c1-32(2,3)42-31(40)37-16-17-41-26-15-14-24(18-25(26)37)38-29-27(35-30(38)39)28(33-21-34-29)36(19-22-10-6-4-7-11-22)20-23-12-8-5-9-13-23/h4-15,18,21H,16-17,19-20H2,1-3H3,(H,35,39). The summed E-state index contributed by atoms with van der Waals surface area (Å²) in [5.74, 6) is 1.15. The van der Waals surface area contributed by atoms with Gasteiger partial charge in [-0.3, -0.25) is 4.90 Å². The van der Waals surface area contributed by atoms with Gasteiger partial charge in [-0.2, -0.15) is 0 Å². The van der Waals surface area contributed by atoms with Crippen LogP contribution in [0.4, 0.5) is 16.3 Å². The Balaban J connectivity index is 1.42. The number of hydrogen-bond acceptors (Lipinski definition) is 7. The van der Waals surface area contributed by atoms with Crippen molar-refractivity contribution in [1.82, 2.24) is 19.5 Å². The summed E-state index contributed by atoms with van der Waals surface area (Å²) in [5.41, 5.74) is 3.21. The summed E-state index contributed by atoms with van der Waals surface area (Å²) < 4.78 is 12.9. The first-order valence-corrected chi connectivity index (χ1v) is 13.8. The molecule has 0 saturated carbocycles. The molecule has 0 saturated heterocycles. The van der Waals surface area contributed by atoms with E-state index in [1.807, 2.05) is 57.2 Å². The molecule has 5 aromatic rings. The highest BCUT2D eigenvalue weighted by Crippen LogP contribution is 2.35. The van der Waals surface area contributed by atoms with E-state index in [9.17, 15) is 9.59 Å². The summed E-state index contributed by atoms with van der Waals surface area (Å²) in [6, 6.07) is 25.5. The number of aromatic amines is 1. The molecule has 1 aliphatic heterocycles. The van der Waals surface area contributed by atoms with Gasteiger partial charge in [-0.05, 0) is 50.1 Å². The molecule has 0 radical (unpaired) electrons. The minimum atomic E-state index is -0.653. The summed E-state index contributed by atoms with van der Waals surface area (Å²) in [7, 11) is 0. The van der Waals surface area contributed by atoms with Crippen molar-refractivity contribution in [3.8, 4) is 11.4 Å². The third-order valence-electron chi connectivity index (χ3n) is 6.86. The maximum atomic E-state index is 13.5. The van der Waals surface area contributed by atoms with Crippen LogP contribution in [0.25, 0.3) is 16.9 Å². The molecule has 6 rings (SSSR count). The minimum absolute atomic E-state index is 0.328. The van der Waals surface area contributed by atoms with E-state index in [0.29, 0.717) is 60.3 Å². The molecule has 0 unspecified atom stereocenters. The van der Waals surface area contributed by atoms with Crippen LogP contribution < -0.4 is 20.2 Å². The van der Waals surface area contributed by atoms with Gasteiger partial charge in [-0.15, -0.1) is 0 Å². The fraction of sp³-hybridized carbons (Fsp3) is 0.250. The summed E-state index contributed by atoms with van der Waals surface area (Å²) >= 11 is 0. The Kier molecular flexibility index (Phi) is 7.12. The Morgan fingerprint density at radius 3 is 2.29 bits per heavy atom. The number of nitrogens with zero attached hydrogens (tertiary/aromatic N) is 5. The monoisotopic (exact) mass is 564 g/mol. The van der Waals surface area contributed by atoms with Crippen molar-refractivity contribution in [2.24, 2.45) is 0 Å². The molecule has 0 spiro atoms. The number of benzene rings is 3. The molecular weight excluding hydrogens is 532 g/mol. The first kappa shape index (κ1) is 27.1. The van der Waals surface area contributed by atoms with Gasteiger partial charge in [0.25, 0.3) is 0 Å². The largest absolute Gasteiger partial charge is 0.490 e. The second-order valence-electron chi connectivity index (χ2n) is 11.1. The van der Waals surface area contributed by atoms with Crippen molar-refractivity contribution < 1.29 is 14.3 Å². The fourth-order valence-electron chi connectivity index (χ4n) is 5.05. The number of aromatic nitrogens is 4. The van der Waals surface area contributed by atoms with Gasteiger partial charge in [-0.25, -0.2) is 24.1 Å². The van der Waals surface area contributed by atoms with E-state index in [-0.39, 0.29) is 5.69 Å². The first-order chi connectivity index (χ1) is 20.3. The summed E-state index contributed by atoms with van der Waals surface area (Å²) in [5, 5.41) is 0. The second-order valence-corrected chi connectivity index (χ2v) is 11.1. The third-order valence-corrected chi connectivity index (χ3v) is 6.86. The second kappa shape index (κ2) is 11.0. The van der Waals surface area contributed by atoms with Crippen LogP contribution in [0.3, 0.4) is 0 Å². The number of rotatable bonds is 6. The quantitative estimate of drug-likeness (QED) is 0.292. The Morgan fingerprint density at radius 2 is 1.64 bits per heavy atom. The van der Waals surface area contributed by atoms with Crippen LogP contribution in [0.5, 0.6) is 5.75 Å². The lowest BCUT2D eigenvalue weighted by Crippen LogP contribution is -2.41. The van der Waals surface area contributed by atoms with Crippen molar-refractivity contribution in [2.45, 2.75) is 39.5 Å². The minimum Gasteiger partial charge on any atom is -0.490 e. The van der Waals surface area contributed by atoms with Crippen LogP contribution in [-0.2, 0) is 17.8 Å². The van der Waals surface area contributed by atoms with Crippen molar-refractivity contribution >= 4 is 28.8 Å². The van der Waals surface area contributed by atoms with Gasteiger partial charge in [0.15, 0.2) is 11.5 Å². The van der Waals surface area contributed by atoms with Gasteiger partial charge in [0.2, 0.25) is 0 Å². The lowest BCUT2D eigenvalue weighted by molar-refractivity contribution is 0.0568. The number of hydrogen-bond donors (Lipinski definition) is 1. The highest BCUT2D eigenvalue weighted by molar-refractivity contribution is 5.91. The van der Waals surface area contributed by atoms with Crippen LogP contribution in [0.1, 0.15) is 31.9 Å². The molecule has 10 heteroatoms. The zero-order chi connectivity index (χ0) is 29.3. The summed E-state index contributed by atoms with van der Waals surface area (Å²) in [4.78, 5) is 42.3. The molecule has 0 atom stereocenters. The van der Waals surface area contributed by atoms with Crippen molar-refractivity contribution in [3.05, 3.63) is 107 Å². The van der Waals surface area contributed by atoms with E-state index < -0.39 is 11.7 Å². The molecule has 214 valence electrons. The molecule has 1 amide bonds. The number of ether oxygens (including phenoxy) is 2. The van der Waals surface area contributed by atoms with Gasteiger partial charge in [0, 0.05) is 13.1 Å². The van der Waals surface area contributed by atoms with Gasteiger partial charge < -0.3 is 19.4 Å². The number of anilines is 2. The number of imidazole rings is 1. The van der Waals surface area contributed by atoms with E-state index in [1.54, 1.807) is 18.2 Å². The van der Waals surface area contributed by atoms with Gasteiger partial charge in [-0.1, -0.05) is 60.7 Å². The van der Waals surface area contributed by atoms with Crippen LogP contribution in [0.2, 0.25) is 0 Å². The number of amides is 1. The molecule has 1 N–H and O–H groups in total.